The molecule has 8 nitrogen and oxygen atoms in total. The van der Waals surface area contributed by atoms with Gasteiger partial charge in [-0.15, -0.1) is 0 Å². The number of nitrogens with zero attached hydrogens (tertiary/aromatic N) is 3. The summed E-state index contributed by atoms with van der Waals surface area (Å²) in [5.41, 5.74) is 4.70. The summed E-state index contributed by atoms with van der Waals surface area (Å²) in [6.07, 6.45) is 2.28. The van der Waals surface area contributed by atoms with Crippen molar-refractivity contribution in [3.63, 3.8) is 0 Å². The third kappa shape index (κ3) is 5.28. The first-order chi connectivity index (χ1) is 15.5. The fourth-order valence-corrected chi connectivity index (χ4v) is 4.69. The molecule has 0 aliphatic carbocycles. The number of likely N-dealkylation sites (tertiary alicyclic amines) is 1. The Morgan fingerprint density at radius 1 is 1.09 bits per heavy atom. The van der Waals surface area contributed by atoms with Crippen LogP contribution in [0.5, 0.6) is 0 Å². The van der Waals surface area contributed by atoms with Crippen LogP contribution in [0.3, 0.4) is 0 Å². The molecule has 2 aliphatic heterocycles. The highest BCUT2D eigenvalue weighted by Crippen LogP contribution is 2.29. The highest BCUT2D eigenvalue weighted by Gasteiger charge is 2.33. The molecule has 0 saturated carbocycles. The Kier molecular flexibility index (Phi) is 6.75. The van der Waals surface area contributed by atoms with Crippen LogP contribution in [0.1, 0.15) is 29.6 Å². The van der Waals surface area contributed by atoms with Crippen LogP contribution in [0.25, 0.3) is 0 Å². The Morgan fingerprint density at radius 2 is 1.78 bits per heavy atom. The van der Waals surface area contributed by atoms with E-state index in [4.69, 9.17) is 0 Å². The van der Waals surface area contributed by atoms with Crippen molar-refractivity contribution in [1.82, 2.24) is 10.3 Å². The lowest BCUT2D eigenvalue weighted by Crippen LogP contribution is -2.39. The normalized spacial score (nSPS) is 17.8. The number of amidine groups is 1. The van der Waals surface area contributed by atoms with Crippen LogP contribution in [-0.2, 0) is 9.59 Å². The van der Waals surface area contributed by atoms with E-state index < -0.39 is 5.25 Å². The second-order valence-corrected chi connectivity index (χ2v) is 8.87. The van der Waals surface area contributed by atoms with E-state index in [9.17, 15) is 14.4 Å². The van der Waals surface area contributed by atoms with E-state index >= 15 is 0 Å². The summed E-state index contributed by atoms with van der Waals surface area (Å²) in [4.78, 5) is 43.3. The second-order valence-electron chi connectivity index (χ2n) is 7.70. The molecule has 0 spiro atoms. The third-order valence-electron chi connectivity index (χ3n) is 5.32. The predicted molar refractivity (Wildman–Crippen MR) is 127 cm³/mol. The van der Waals surface area contributed by atoms with Crippen molar-refractivity contribution >= 4 is 46.0 Å². The number of benzene rings is 2. The van der Waals surface area contributed by atoms with Gasteiger partial charge in [0.2, 0.25) is 5.91 Å². The average Bonchev–Trinajstić information content (AvgIpc) is 3.45. The number of carbonyl (C=O) groups is 3. The highest BCUT2D eigenvalue weighted by atomic mass is 32.2. The van der Waals surface area contributed by atoms with E-state index in [0.717, 1.165) is 36.8 Å². The van der Waals surface area contributed by atoms with E-state index in [2.05, 4.69) is 20.6 Å². The van der Waals surface area contributed by atoms with Crippen molar-refractivity contribution in [2.75, 3.05) is 30.5 Å². The van der Waals surface area contributed by atoms with Crippen LogP contribution < -0.4 is 15.8 Å². The Morgan fingerprint density at radius 3 is 2.47 bits per heavy atom. The number of amides is 3. The minimum atomic E-state index is -0.482. The van der Waals surface area contributed by atoms with Crippen LogP contribution in [0.2, 0.25) is 0 Å². The molecule has 0 radical (unpaired) electrons. The predicted octanol–water partition coefficient (Wildman–Crippen LogP) is 2.89. The molecule has 1 saturated heterocycles. The van der Waals surface area contributed by atoms with Gasteiger partial charge in [0, 0.05) is 37.8 Å². The van der Waals surface area contributed by atoms with Crippen molar-refractivity contribution in [1.29, 1.82) is 0 Å². The van der Waals surface area contributed by atoms with Gasteiger partial charge in [0.1, 0.15) is 5.25 Å². The quantitative estimate of drug-likeness (QED) is 0.656. The number of anilines is 2. The number of carbonyl (C=O) groups excluding carboxylic acids is 3. The molecule has 2 aliphatic rings. The number of para-hydroxylation sites is 1. The first-order valence-electron chi connectivity index (χ1n) is 10.5. The summed E-state index contributed by atoms with van der Waals surface area (Å²) in [6, 6.07) is 16.1. The average molecular weight is 452 g/mol. The van der Waals surface area contributed by atoms with Crippen LogP contribution in [0.15, 0.2) is 59.6 Å². The zero-order valence-corrected chi connectivity index (χ0v) is 18.6. The molecule has 9 heteroatoms. The zero-order valence-electron chi connectivity index (χ0n) is 17.8. The maximum atomic E-state index is 12.5. The van der Waals surface area contributed by atoms with E-state index in [1.54, 1.807) is 36.3 Å². The van der Waals surface area contributed by atoms with Gasteiger partial charge in [-0.2, -0.15) is 4.99 Å². The number of hydrazine groups is 1. The summed E-state index contributed by atoms with van der Waals surface area (Å²) in [5.74, 6) is -0.759. The van der Waals surface area contributed by atoms with E-state index in [1.807, 2.05) is 30.3 Å². The van der Waals surface area contributed by atoms with Gasteiger partial charge in [0.25, 0.3) is 11.8 Å². The summed E-state index contributed by atoms with van der Waals surface area (Å²) in [6.45, 7) is 1.83. The number of rotatable bonds is 6. The Hall–Kier alpha value is -3.33. The van der Waals surface area contributed by atoms with E-state index in [1.165, 1.54) is 11.8 Å². The molecule has 1 fully saturated rings. The monoisotopic (exact) mass is 451 g/mol. The lowest BCUT2D eigenvalue weighted by molar-refractivity contribution is -0.121. The van der Waals surface area contributed by atoms with E-state index in [0.29, 0.717) is 11.3 Å². The van der Waals surface area contributed by atoms with Gasteiger partial charge < -0.3 is 10.2 Å². The van der Waals surface area contributed by atoms with Crippen LogP contribution >= 0.6 is 11.8 Å². The largest absolute Gasteiger partial charge is 0.351 e. The minimum absolute atomic E-state index is 0.0639. The molecule has 0 bridgehead atoms. The third-order valence-corrected chi connectivity index (χ3v) is 6.53. The Labute approximate surface area is 191 Å². The lowest BCUT2D eigenvalue weighted by Gasteiger charge is -2.20. The van der Waals surface area contributed by atoms with Crippen molar-refractivity contribution < 1.29 is 14.4 Å². The minimum Gasteiger partial charge on any atom is -0.351 e. The number of hydrogen-bond acceptors (Lipinski definition) is 6. The number of hydrogen-bond donors (Lipinski definition) is 2. The molecule has 2 N–H and O–H groups in total. The van der Waals surface area contributed by atoms with Crippen molar-refractivity contribution in [3.8, 4) is 0 Å². The number of thioether (sulfide) groups is 1. The Bertz CT molecular complexity index is 1020. The lowest BCUT2D eigenvalue weighted by atomic mass is 10.2. The maximum Gasteiger partial charge on any atom is 0.269 e. The van der Waals surface area contributed by atoms with Gasteiger partial charge in [-0.05, 0) is 49.2 Å². The molecule has 1 atom stereocenters. The summed E-state index contributed by atoms with van der Waals surface area (Å²) >= 11 is 1.37. The van der Waals surface area contributed by atoms with Gasteiger partial charge in [-0.3, -0.25) is 24.8 Å². The smallest absolute Gasteiger partial charge is 0.269 e. The first kappa shape index (κ1) is 21.9. The van der Waals surface area contributed by atoms with Gasteiger partial charge >= 0.3 is 0 Å². The van der Waals surface area contributed by atoms with Gasteiger partial charge in [-0.1, -0.05) is 30.0 Å². The van der Waals surface area contributed by atoms with Gasteiger partial charge in [0.15, 0.2) is 5.17 Å². The fraction of sp³-hybridized carbons (Fsp3) is 0.304. The molecule has 1 unspecified atom stereocenters. The molecular weight excluding hydrogens is 426 g/mol. The molecular formula is C23H25N5O3S. The van der Waals surface area contributed by atoms with Crippen LogP contribution in [0.4, 0.5) is 11.4 Å². The molecule has 2 heterocycles. The molecule has 166 valence electrons. The fourth-order valence-electron chi connectivity index (χ4n) is 3.57. The van der Waals surface area contributed by atoms with Crippen molar-refractivity contribution in [3.05, 3.63) is 60.2 Å². The molecule has 2 aromatic carbocycles. The SMILES string of the molecule is CN(NC(=O)c1ccc(NC(=O)CC2SC(N3CCCC3)=NC2=O)cc1)c1ccccc1. The molecule has 0 aromatic heterocycles. The molecule has 3 amide bonds. The van der Waals surface area contributed by atoms with Crippen molar-refractivity contribution in [2.45, 2.75) is 24.5 Å². The molecule has 2 aromatic rings. The van der Waals surface area contributed by atoms with Gasteiger partial charge in [0.05, 0.1) is 5.69 Å². The van der Waals surface area contributed by atoms with Crippen LogP contribution in [-0.4, -0.2) is 53.2 Å². The summed E-state index contributed by atoms with van der Waals surface area (Å²) < 4.78 is 0. The van der Waals surface area contributed by atoms with Gasteiger partial charge in [-0.25, -0.2) is 0 Å². The maximum absolute atomic E-state index is 12.5. The summed E-state index contributed by atoms with van der Waals surface area (Å²) in [7, 11) is 1.77. The molecule has 32 heavy (non-hydrogen) atoms. The topological polar surface area (TPSA) is 94.1 Å². The number of aliphatic imine (C=N–C) groups is 1. The standard InChI is InChI=1S/C23H25N5O3S/c1-27(18-7-3-2-4-8-18)26-21(30)16-9-11-17(12-10-16)24-20(29)15-19-22(31)25-23(32-19)28-13-5-6-14-28/h2-4,7-12,19H,5-6,13-15H2,1H3,(H,24,29)(H,26,30). The van der Waals surface area contributed by atoms with Crippen LogP contribution in [0, 0.1) is 0 Å². The number of nitrogens with one attached hydrogen (secondary N) is 2. The Balaban J connectivity index is 1.27. The second kappa shape index (κ2) is 9.86. The van der Waals surface area contributed by atoms with Crippen molar-refractivity contribution in [2.24, 2.45) is 4.99 Å². The molecule has 4 rings (SSSR count). The zero-order chi connectivity index (χ0) is 22.5. The first-order valence-corrected chi connectivity index (χ1v) is 11.4. The summed E-state index contributed by atoms with van der Waals surface area (Å²) in [5, 5.41) is 4.70. The highest BCUT2D eigenvalue weighted by molar-refractivity contribution is 8.15. The van der Waals surface area contributed by atoms with E-state index in [-0.39, 0.29) is 24.1 Å².